The van der Waals surface area contributed by atoms with E-state index in [4.69, 9.17) is 0 Å². The van der Waals surface area contributed by atoms with Gasteiger partial charge in [-0.1, -0.05) is 60.7 Å². The SMILES string of the molecule is CC(C)(O)CCC(C)(C)O.O=C(C(=O)c1ccccc1)c1ccccc1. The Hall–Kier alpha value is -2.30. The van der Waals surface area contributed by atoms with Gasteiger partial charge >= 0.3 is 0 Å². The summed E-state index contributed by atoms with van der Waals surface area (Å²) >= 11 is 0. The van der Waals surface area contributed by atoms with Crippen LogP contribution in [0.5, 0.6) is 0 Å². The molecule has 140 valence electrons. The van der Waals surface area contributed by atoms with Crippen LogP contribution in [0.15, 0.2) is 60.7 Å². The van der Waals surface area contributed by atoms with Crippen molar-refractivity contribution >= 4 is 11.6 Å². The molecule has 0 saturated heterocycles. The highest BCUT2D eigenvalue weighted by Gasteiger charge is 2.19. The summed E-state index contributed by atoms with van der Waals surface area (Å²) in [5.41, 5.74) is -0.451. The van der Waals surface area contributed by atoms with E-state index in [2.05, 4.69) is 0 Å². The average molecular weight is 356 g/mol. The van der Waals surface area contributed by atoms with Gasteiger partial charge in [-0.05, 0) is 40.5 Å². The topological polar surface area (TPSA) is 74.6 Å². The third-order valence-corrected chi connectivity index (χ3v) is 3.63. The minimum atomic E-state index is -0.653. The fourth-order valence-electron chi connectivity index (χ4n) is 2.05. The number of hydrogen-bond acceptors (Lipinski definition) is 4. The Labute approximate surface area is 155 Å². The largest absolute Gasteiger partial charge is 0.390 e. The molecule has 0 heterocycles. The van der Waals surface area contributed by atoms with E-state index >= 15 is 0 Å². The predicted octanol–water partition coefficient (Wildman–Crippen LogP) is 4.06. The monoisotopic (exact) mass is 356 g/mol. The summed E-state index contributed by atoms with van der Waals surface area (Å²) in [4.78, 5) is 23.6. The number of aliphatic hydroxyl groups is 2. The van der Waals surface area contributed by atoms with Crippen molar-refractivity contribution in [3.63, 3.8) is 0 Å². The Morgan fingerprint density at radius 3 is 1.15 bits per heavy atom. The fourth-order valence-corrected chi connectivity index (χ4v) is 2.05. The van der Waals surface area contributed by atoms with Crippen LogP contribution in [0.25, 0.3) is 0 Å². The van der Waals surface area contributed by atoms with Crippen LogP contribution >= 0.6 is 0 Å². The van der Waals surface area contributed by atoms with Gasteiger partial charge in [-0.15, -0.1) is 0 Å². The van der Waals surface area contributed by atoms with Crippen LogP contribution in [0.3, 0.4) is 0 Å². The van der Waals surface area contributed by atoms with Crippen LogP contribution < -0.4 is 0 Å². The van der Waals surface area contributed by atoms with Crippen LogP contribution in [0, 0.1) is 0 Å². The number of Topliss-reactive ketones (excluding diaryl/α,β-unsaturated/α-hetero) is 2. The molecular weight excluding hydrogens is 328 g/mol. The minimum absolute atomic E-state index is 0.427. The number of carbonyl (C=O) groups excluding carboxylic acids is 2. The van der Waals surface area contributed by atoms with E-state index in [1.165, 1.54) is 0 Å². The molecule has 2 aromatic carbocycles. The molecule has 0 atom stereocenters. The van der Waals surface area contributed by atoms with E-state index in [1.54, 1.807) is 76.2 Å². The molecule has 26 heavy (non-hydrogen) atoms. The Morgan fingerprint density at radius 1 is 0.654 bits per heavy atom. The molecule has 0 bridgehead atoms. The van der Waals surface area contributed by atoms with Crippen molar-refractivity contribution in [1.82, 2.24) is 0 Å². The van der Waals surface area contributed by atoms with Gasteiger partial charge in [0.25, 0.3) is 0 Å². The van der Waals surface area contributed by atoms with Crippen LogP contribution in [0.1, 0.15) is 61.3 Å². The molecule has 0 radical (unpaired) electrons. The second kappa shape index (κ2) is 9.41. The molecule has 0 amide bonds. The van der Waals surface area contributed by atoms with Crippen LogP contribution in [0.4, 0.5) is 0 Å². The first-order chi connectivity index (χ1) is 12.0. The van der Waals surface area contributed by atoms with E-state index < -0.39 is 22.8 Å². The van der Waals surface area contributed by atoms with Gasteiger partial charge in [0.05, 0.1) is 11.2 Å². The first-order valence-electron chi connectivity index (χ1n) is 8.63. The summed E-state index contributed by atoms with van der Waals surface area (Å²) in [5.74, 6) is -0.932. The number of hydrogen-bond donors (Lipinski definition) is 2. The van der Waals surface area contributed by atoms with Crippen molar-refractivity contribution in [3.05, 3.63) is 71.8 Å². The summed E-state index contributed by atoms with van der Waals surface area (Å²) in [7, 11) is 0. The standard InChI is InChI=1S/C14H10O2.C8H18O2/c15-13(11-7-3-1-4-8-11)14(16)12-9-5-2-6-10-12;1-7(2,9)5-6-8(3,4)10/h1-10H;9-10H,5-6H2,1-4H3. The van der Waals surface area contributed by atoms with Gasteiger partial charge < -0.3 is 10.2 Å². The molecule has 0 aliphatic carbocycles. The molecule has 4 heteroatoms. The molecule has 0 spiro atoms. The maximum atomic E-state index is 11.8. The molecule has 0 aromatic heterocycles. The highest BCUT2D eigenvalue weighted by molar-refractivity contribution is 6.49. The van der Waals surface area contributed by atoms with E-state index in [9.17, 15) is 19.8 Å². The first-order valence-corrected chi connectivity index (χ1v) is 8.63. The van der Waals surface area contributed by atoms with E-state index in [-0.39, 0.29) is 0 Å². The lowest BCUT2D eigenvalue weighted by Gasteiger charge is -2.23. The van der Waals surface area contributed by atoms with Crippen LogP contribution in [-0.4, -0.2) is 33.0 Å². The zero-order chi connectivity index (χ0) is 19.8. The molecule has 4 nitrogen and oxygen atoms in total. The van der Waals surface area contributed by atoms with Crippen LogP contribution in [-0.2, 0) is 0 Å². The normalized spacial score (nSPS) is 11.3. The van der Waals surface area contributed by atoms with Crippen molar-refractivity contribution in [1.29, 1.82) is 0 Å². The number of benzene rings is 2. The molecule has 2 aromatic rings. The zero-order valence-corrected chi connectivity index (χ0v) is 15.9. The number of carbonyl (C=O) groups is 2. The van der Waals surface area contributed by atoms with E-state index in [1.807, 2.05) is 12.1 Å². The average Bonchev–Trinajstić information content (AvgIpc) is 2.60. The summed E-state index contributed by atoms with van der Waals surface area (Å²) in [5, 5.41) is 18.5. The van der Waals surface area contributed by atoms with Crippen molar-refractivity contribution in [3.8, 4) is 0 Å². The van der Waals surface area contributed by atoms with Crippen molar-refractivity contribution in [2.24, 2.45) is 0 Å². The zero-order valence-electron chi connectivity index (χ0n) is 15.9. The second-order valence-corrected chi connectivity index (χ2v) is 7.52. The third-order valence-electron chi connectivity index (χ3n) is 3.63. The van der Waals surface area contributed by atoms with Gasteiger partial charge in [-0.2, -0.15) is 0 Å². The highest BCUT2D eigenvalue weighted by Crippen LogP contribution is 2.17. The molecular formula is C22H28O4. The third kappa shape index (κ3) is 8.70. The van der Waals surface area contributed by atoms with Gasteiger partial charge in [-0.25, -0.2) is 0 Å². The number of ketones is 2. The lowest BCUT2D eigenvalue weighted by molar-refractivity contribution is 0.0169. The molecule has 2 N–H and O–H groups in total. The fraction of sp³-hybridized carbons (Fsp3) is 0.364. The molecule has 0 aliphatic rings. The van der Waals surface area contributed by atoms with Crippen molar-refractivity contribution in [2.75, 3.05) is 0 Å². The van der Waals surface area contributed by atoms with Crippen molar-refractivity contribution < 1.29 is 19.8 Å². The highest BCUT2D eigenvalue weighted by atomic mass is 16.3. The molecule has 0 aliphatic heterocycles. The molecule has 0 unspecified atom stereocenters. The van der Waals surface area contributed by atoms with Gasteiger partial charge in [0.15, 0.2) is 0 Å². The Kier molecular flexibility index (Phi) is 7.87. The minimum Gasteiger partial charge on any atom is -0.390 e. The maximum Gasteiger partial charge on any atom is 0.233 e. The quantitative estimate of drug-likeness (QED) is 0.604. The predicted molar refractivity (Wildman–Crippen MR) is 103 cm³/mol. The summed E-state index contributed by atoms with van der Waals surface area (Å²) in [6.45, 7) is 7.00. The summed E-state index contributed by atoms with van der Waals surface area (Å²) in [6.07, 6.45) is 1.27. The Bertz CT molecular complexity index is 629. The van der Waals surface area contributed by atoms with Gasteiger partial charge in [0.1, 0.15) is 0 Å². The van der Waals surface area contributed by atoms with Crippen LogP contribution in [0.2, 0.25) is 0 Å². The van der Waals surface area contributed by atoms with Crippen molar-refractivity contribution in [2.45, 2.75) is 51.7 Å². The lowest BCUT2D eigenvalue weighted by Crippen LogP contribution is -2.26. The molecule has 2 rings (SSSR count). The van der Waals surface area contributed by atoms with Gasteiger partial charge in [-0.3, -0.25) is 9.59 Å². The van der Waals surface area contributed by atoms with E-state index in [0.717, 1.165) is 0 Å². The Morgan fingerprint density at radius 2 is 0.923 bits per heavy atom. The molecule has 0 saturated carbocycles. The second-order valence-electron chi connectivity index (χ2n) is 7.52. The summed E-state index contributed by atoms with van der Waals surface area (Å²) < 4.78 is 0. The van der Waals surface area contributed by atoms with Gasteiger partial charge in [0.2, 0.25) is 11.6 Å². The first kappa shape index (κ1) is 21.7. The lowest BCUT2D eigenvalue weighted by atomic mass is 9.94. The Balaban J connectivity index is 0.000000294. The van der Waals surface area contributed by atoms with Gasteiger partial charge in [0, 0.05) is 11.1 Å². The van der Waals surface area contributed by atoms with E-state index in [0.29, 0.717) is 24.0 Å². The smallest absolute Gasteiger partial charge is 0.233 e. The maximum absolute atomic E-state index is 11.8. The number of rotatable bonds is 6. The summed E-state index contributed by atoms with van der Waals surface area (Å²) in [6, 6.07) is 17.2. The molecule has 0 fully saturated rings.